The molecule has 0 amide bonds. The Bertz CT molecular complexity index is 377. The average molecular weight is 208 g/mol. The van der Waals surface area contributed by atoms with Crippen molar-refractivity contribution >= 4 is 0 Å². The van der Waals surface area contributed by atoms with Crippen molar-refractivity contribution in [2.24, 2.45) is 0 Å². The van der Waals surface area contributed by atoms with Crippen molar-refractivity contribution in [2.45, 2.75) is 60.0 Å². The first-order valence-corrected chi connectivity index (χ1v) is 5.70. The molecular formula is C10H8O5. The third-order valence-electron chi connectivity index (χ3n) is 5.35. The van der Waals surface area contributed by atoms with E-state index in [1.165, 1.54) is 0 Å². The Morgan fingerprint density at radius 2 is 0.867 bits per heavy atom. The minimum absolute atomic E-state index is 0.183. The molecule has 78 valence electrons. The summed E-state index contributed by atoms with van der Waals surface area (Å²) in [7, 11) is 0. The van der Waals surface area contributed by atoms with E-state index in [9.17, 15) is 0 Å². The SMILES string of the molecule is O1[C@@H]2[C@@H]3O[C@@H]3C34OC3([C@H]12)[C@H]1O[C@H]1[C@H]1O[C@H]14. The van der Waals surface area contributed by atoms with Gasteiger partial charge in [0.25, 0.3) is 0 Å². The summed E-state index contributed by atoms with van der Waals surface area (Å²) in [4.78, 5) is 0. The van der Waals surface area contributed by atoms with Gasteiger partial charge in [-0.2, -0.15) is 0 Å². The Hall–Kier alpha value is -0.200. The van der Waals surface area contributed by atoms with E-state index in [1.807, 2.05) is 0 Å². The van der Waals surface area contributed by atoms with Crippen molar-refractivity contribution in [3.05, 3.63) is 0 Å². The van der Waals surface area contributed by atoms with Crippen LogP contribution < -0.4 is 0 Å². The zero-order chi connectivity index (χ0) is 9.15. The van der Waals surface area contributed by atoms with Crippen molar-refractivity contribution < 1.29 is 23.7 Å². The van der Waals surface area contributed by atoms with E-state index in [-0.39, 0.29) is 60.0 Å². The second kappa shape index (κ2) is 1.36. The number of hydrogen-bond donors (Lipinski definition) is 0. The first-order chi connectivity index (χ1) is 7.38. The summed E-state index contributed by atoms with van der Waals surface area (Å²) in [5.41, 5.74) is -0.366. The van der Waals surface area contributed by atoms with Crippen LogP contribution in [0, 0.1) is 0 Å². The maximum absolute atomic E-state index is 6.13. The fraction of sp³-hybridized carbons (Fsp3) is 1.00. The minimum atomic E-state index is -0.183. The molecule has 7 fully saturated rings. The lowest BCUT2D eigenvalue weighted by Crippen LogP contribution is -2.52. The summed E-state index contributed by atoms with van der Waals surface area (Å²) in [6, 6.07) is 0. The Balaban J connectivity index is 1.55. The van der Waals surface area contributed by atoms with Crippen LogP contribution in [0.15, 0.2) is 0 Å². The Morgan fingerprint density at radius 3 is 1.20 bits per heavy atom. The molecule has 15 heavy (non-hydrogen) atoms. The molecule has 2 unspecified atom stereocenters. The van der Waals surface area contributed by atoms with Gasteiger partial charge in [-0.1, -0.05) is 0 Å². The van der Waals surface area contributed by atoms with Gasteiger partial charge in [-0.25, -0.2) is 0 Å². The number of epoxide rings is 5. The van der Waals surface area contributed by atoms with Crippen LogP contribution in [-0.4, -0.2) is 60.0 Å². The summed E-state index contributed by atoms with van der Waals surface area (Å²) in [5.74, 6) is 0. The monoisotopic (exact) mass is 208 g/mol. The molecule has 5 heterocycles. The van der Waals surface area contributed by atoms with E-state index < -0.39 is 0 Å². The Labute approximate surface area is 84.6 Å². The molecule has 10 atom stereocenters. The van der Waals surface area contributed by atoms with Gasteiger partial charge in [0.1, 0.15) is 48.8 Å². The zero-order valence-corrected chi connectivity index (χ0v) is 7.66. The van der Waals surface area contributed by atoms with E-state index in [2.05, 4.69) is 0 Å². The van der Waals surface area contributed by atoms with Crippen LogP contribution in [-0.2, 0) is 23.7 Å². The number of ether oxygens (including phenoxy) is 5. The first-order valence-electron chi connectivity index (χ1n) is 5.70. The van der Waals surface area contributed by atoms with Gasteiger partial charge in [-0.15, -0.1) is 0 Å². The van der Waals surface area contributed by atoms with Gasteiger partial charge < -0.3 is 23.7 Å². The van der Waals surface area contributed by atoms with Gasteiger partial charge >= 0.3 is 0 Å². The van der Waals surface area contributed by atoms with Crippen molar-refractivity contribution in [1.82, 2.24) is 0 Å². The lowest BCUT2D eigenvalue weighted by atomic mass is 9.71. The zero-order valence-electron chi connectivity index (χ0n) is 7.66. The van der Waals surface area contributed by atoms with Gasteiger partial charge in [-0.3, -0.25) is 0 Å². The van der Waals surface area contributed by atoms with Crippen LogP contribution >= 0.6 is 0 Å². The first kappa shape index (κ1) is 6.51. The van der Waals surface area contributed by atoms with Crippen LogP contribution in [0.2, 0.25) is 0 Å². The number of fused-ring (bicyclic) bond motifs is 6. The summed E-state index contributed by atoms with van der Waals surface area (Å²) in [6.07, 6.45) is 2.03. The van der Waals surface area contributed by atoms with Crippen LogP contribution in [0.5, 0.6) is 0 Å². The van der Waals surface area contributed by atoms with Crippen LogP contribution in [0.1, 0.15) is 0 Å². The van der Waals surface area contributed by atoms with Crippen molar-refractivity contribution in [3.63, 3.8) is 0 Å². The van der Waals surface area contributed by atoms with Crippen LogP contribution in [0.25, 0.3) is 0 Å². The molecule has 5 aliphatic heterocycles. The van der Waals surface area contributed by atoms with Gasteiger partial charge in [0.15, 0.2) is 11.2 Å². The molecule has 0 spiro atoms. The largest absolute Gasteiger partial charge is 0.363 e. The molecule has 5 heteroatoms. The Morgan fingerprint density at radius 1 is 0.533 bits per heavy atom. The molecule has 0 N–H and O–H groups in total. The smallest absolute Gasteiger partial charge is 0.161 e. The fourth-order valence-electron chi connectivity index (χ4n) is 4.57. The van der Waals surface area contributed by atoms with E-state index in [0.717, 1.165) is 0 Å². The lowest BCUT2D eigenvalue weighted by Gasteiger charge is -2.18. The predicted octanol–water partition coefficient (Wildman–Crippen LogP) is -1.41. The average Bonchev–Trinajstić information content (AvgIpc) is 3.06. The van der Waals surface area contributed by atoms with E-state index in [1.54, 1.807) is 0 Å². The summed E-state index contributed by atoms with van der Waals surface area (Å²) < 4.78 is 29.0. The van der Waals surface area contributed by atoms with E-state index >= 15 is 0 Å². The molecule has 5 nitrogen and oxygen atoms in total. The maximum Gasteiger partial charge on any atom is 0.161 e. The molecule has 2 aliphatic carbocycles. The topological polar surface area (TPSA) is 62.6 Å². The maximum atomic E-state index is 6.13. The lowest BCUT2D eigenvalue weighted by molar-refractivity contribution is 0.172. The third kappa shape index (κ3) is 0.406. The molecule has 0 bridgehead atoms. The second-order valence-electron chi connectivity index (χ2n) is 5.77. The second-order valence-corrected chi connectivity index (χ2v) is 5.77. The predicted molar refractivity (Wildman–Crippen MR) is 41.2 cm³/mol. The highest BCUT2D eigenvalue weighted by atomic mass is 16.8. The molecule has 0 radical (unpaired) electrons. The van der Waals surface area contributed by atoms with Gasteiger partial charge in [0.05, 0.1) is 0 Å². The van der Waals surface area contributed by atoms with Crippen molar-refractivity contribution in [3.8, 4) is 0 Å². The number of rotatable bonds is 0. The molecule has 0 aromatic heterocycles. The molecule has 0 aromatic carbocycles. The normalized spacial score (nSPS) is 91.2. The molecule has 7 aliphatic rings. The highest BCUT2D eigenvalue weighted by molar-refractivity contribution is 5.49. The summed E-state index contributed by atoms with van der Waals surface area (Å²) in [6.45, 7) is 0. The Kier molecular flexibility index (Phi) is 0.590. The number of hydrogen-bond acceptors (Lipinski definition) is 5. The third-order valence-corrected chi connectivity index (χ3v) is 5.35. The van der Waals surface area contributed by atoms with E-state index in [0.29, 0.717) is 0 Å². The highest BCUT2D eigenvalue weighted by Crippen LogP contribution is 2.80. The van der Waals surface area contributed by atoms with Crippen molar-refractivity contribution in [2.75, 3.05) is 0 Å². The van der Waals surface area contributed by atoms with Crippen LogP contribution in [0.4, 0.5) is 0 Å². The molecule has 5 saturated heterocycles. The standard InChI is InChI=1S/C10H8O5/c11-1-2-6(12-2)10-8-4(14-8)3-7(13-3)9(10,15-10)5(1)11/h1-8H/t1-,2+,3+,4-,5-,6+,7+,8-,9?,10?. The molecular weight excluding hydrogens is 200 g/mol. The van der Waals surface area contributed by atoms with E-state index in [4.69, 9.17) is 23.7 Å². The molecule has 0 aromatic rings. The van der Waals surface area contributed by atoms with Crippen LogP contribution in [0.3, 0.4) is 0 Å². The highest BCUT2D eigenvalue weighted by Gasteiger charge is 3.04. The van der Waals surface area contributed by atoms with Gasteiger partial charge in [0.2, 0.25) is 0 Å². The van der Waals surface area contributed by atoms with Crippen molar-refractivity contribution in [1.29, 1.82) is 0 Å². The summed E-state index contributed by atoms with van der Waals surface area (Å²) >= 11 is 0. The summed E-state index contributed by atoms with van der Waals surface area (Å²) in [5, 5.41) is 0. The van der Waals surface area contributed by atoms with Gasteiger partial charge in [0, 0.05) is 0 Å². The molecule has 2 saturated carbocycles. The molecule has 7 rings (SSSR count). The quantitative estimate of drug-likeness (QED) is 0.458. The van der Waals surface area contributed by atoms with Gasteiger partial charge in [-0.05, 0) is 0 Å². The fourth-order valence-corrected chi connectivity index (χ4v) is 4.57. The minimum Gasteiger partial charge on any atom is -0.363 e.